The second-order valence-corrected chi connectivity index (χ2v) is 5.26. The van der Waals surface area contributed by atoms with Crippen LogP contribution in [0.4, 0.5) is 10.6 Å². The van der Waals surface area contributed by atoms with Crippen molar-refractivity contribution in [2.45, 2.75) is 13.3 Å². The maximum atomic E-state index is 11.7. The fourth-order valence-electron chi connectivity index (χ4n) is 2.60. The van der Waals surface area contributed by atoms with Crippen molar-refractivity contribution in [3.63, 3.8) is 0 Å². The van der Waals surface area contributed by atoms with E-state index in [0.717, 1.165) is 11.4 Å². The number of anilines is 1. The zero-order valence-corrected chi connectivity index (χ0v) is 13.3. The van der Waals surface area contributed by atoms with E-state index in [2.05, 4.69) is 25.4 Å². The van der Waals surface area contributed by atoms with Crippen LogP contribution < -0.4 is 10.2 Å². The van der Waals surface area contributed by atoms with Gasteiger partial charge in [-0.25, -0.2) is 9.78 Å². The number of hydrogen-bond acceptors (Lipinski definition) is 6. The van der Waals surface area contributed by atoms with Crippen LogP contribution in [0, 0.1) is 0 Å². The number of rotatable bonds is 3. The Balaban J connectivity index is 1.80. The van der Waals surface area contributed by atoms with Crippen molar-refractivity contribution in [1.82, 2.24) is 25.4 Å². The largest absolute Gasteiger partial charge is 0.421 e. The van der Waals surface area contributed by atoms with Crippen LogP contribution in [0.25, 0.3) is 11.5 Å². The average Bonchev–Trinajstić information content (AvgIpc) is 3.10. The third-order valence-corrected chi connectivity index (χ3v) is 3.87. The summed E-state index contributed by atoms with van der Waals surface area (Å²) in [6.45, 7) is 4.71. The van der Waals surface area contributed by atoms with Crippen molar-refractivity contribution in [2.75, 3.05) is 38.1 Å². The second-order valence-electron chi connectivity index (χ2n) is 5.26. The summed E-state index contributed by atoms with van der Waals surface area (Å²) in [5, 5.41) is 10.8. The minimum absolute atomic E-state index is 0.0459. The summed E-state index contributed by atoms with van der Waals surface area (Å²) < 4.78 is 5.66. The SMILES string of the molecule is CCc1nnc(-c2cccnc2N2CCN(C(=O)NC)CC2)o1. The van der Waals surface area contributed by atoms with E-state index in [0.29, 0.717) is 44.4 Å². The van der Waals surface area contributed by atoms with Gasteiger partial charge in [-0.2, -0.15) is 0 Å². The minimum atomic E-state index is -0.0459. The highest BCUT2D eigenvalue weighted by atomic mass is 16.4. The van der Waals surface area contributed by atoms with Crippen LogP contribution >= 0.6 is 0 Å². The number of hydrogen-bond donors (Lipinski definition) is 1. The average molecular weight is 316 g/mol. The maximum absolute atomic E-state index is 11.7. The van der Waals surface area contributed by atoms with Gasteiger partial charge in [-0.15, -0.1) is 10.2 Å². The number of carbonyl (C=O) groups excluding carboxylic acids is 1. The van der Waals surface area contributed by atoms with Gasteiger partial charge >= 0.3 is 6.03 Å². The third kappa shape index (κ3) is 3.10. The number of aryl methyl sites for hydroxylation is 1. The van der Waals surface area contributed by atoms with Gasteiger partial charge in [-0.1, -0.05) is 6.92 Å². The Morgan fingerprint density at radius 2 is 2.09 bits per heavy atom. The highest BCUT2D eigenvalue weighted by Gasteiger charge is 2.24. The quantitative estimate of drug-likeness (QED) is 0.914. The molecule has 2 amide bonds. The van der Waals surface area contributed by atoms with Crippen LogP contribution in [-0.4, -0.2) is 59.3 Å². The number of carbonyl (C=O) groups is 1. The van der Waals surface area contributed by atoms with Crippen molar-refractivity contribution in [3.05, 3.63) is 24.2 Å². The van der Waals surface area contributed by atoms with Gasteiger partial charge in [-0.05, 0) is 12.1 Å². The highest BCUT2D eigenvalue weighted by molar-refractivity contribution is 5.74. The number of urea groups is 1. The summed E-state index contributed by atoms with van der Waals surface area (Å²) in [5.41, 5.74) is 0.827. The highest BCUT2D eigenvalue weighted by Crippen LogP contribution is 2.28. The van der Waals surface area contributed by atoms with Gasteiger partial charge in [0.25, 0.3) is 5.89 Å². The molecule has 0 unspecified atom stereocenters. The second kappa shape index (κ2) is 6.64. The molecule has 3 heterocycles. The maximum Gasteiger partial charge on any atom is 0.317 e. The van der Waals surface area contributed by atoms with E-state index in [1.807, 2.05) is 19.1 Å². The molecule has 0 radical (unpaired) electrons. The summed E-state index contributed by atoms with van der Waals surface area (Å²) in [7, 11) is 1.65. The van der Waals surface area contributed by atoms with Gasteiger partial charge in [0.1, 0.15) is 5.82 Å². The molecule has 0 spiro atoms. The van der Waals surface area contributed by atoms with Crippen molar-refractivity contribution in [2.24, 2.45) is 0 Å². The fraction of sp³-hybridized carbons (Fsp3) is 0.467. The third-order valence-electron chi connectivity index (χ3n) is 3.87. The van der Waals surface area contributed by atoms with Crippen molar-refractivity contribution in [1.29, 1.82) is 0 Å². The molecule has 8 nitrogen and oxygen atoms in total. The molecule has 1 aliphatic rings. The van der Waals surface area contributed by atoms with Crippen molar-refractivity contribution in [3.8, 4) is 11.5 Å². The molecule has 1 fully saturated rings. The predicted octanol–water partition coefficient (Wildman–Crippen LogP) is 1.16. The number of nitrogens with one attached hydrogen (secondary N) is 1. The number of nitrogens with zero attached hydrogens (tertiary/aromatic N) is 5. The van der Waals surface area contributed by atoms with E-state index in [1.165, 1.54) is 0 Å². The lowest BCUT2D eigenvalue weighted by Gasteiger charge is -2.35. The van der Waals surface area contributed by atoms with Gasteiger partial charge < -0.3 is 19.5 Å². The number of pyridine rings is 1. The van der Waals surface area contributed by atoms with E-state index in [9.17, 15) is 4.79 Å². The lowest BCUT2D eigenvalue weighted by atomic mass is 10.2. The molecule has 1 saturated heterocycles. The van der Waals surface area contributed by atoms with Gasteiger partial charge in [-0.3, -0.25) is 0 Å². The Morgan fingerprint density at radius 3 is 2.74 bits per heavy atom. The summed E-state index contributed by atoms with van der Waals surface area (Å²) in [6, 6.07) is 3.74. The molecule has 0 saturated carbocycles. The Bertz CT molecular complexity index is 678. The van der Waals surface area contributed by atoms with Crippen LogP contribution in [0.1, 0.15) is 12.8 Å². The Kier molecular flexibility index (Phi) is 4.40. The zero-order valence-electron chi connectivity index (χ0n) is 13.3. The molecular weight excluding hydrogens is 296 g/mol. The van der Waals surface area contributed by atoms with E-state index in [4.69, 9.17) is 4.42 Å². The Hall–Kier alpha value is -2.64. The molecule has 8 heteroatoms. The topological polar surface area (TPSA) is 87.4 Å². The molecular formula is C15H20N6O2. The van der Waals surface area contributed by atoms with Crippen LogP contribution in [0.15, 0.2) is 22.7 Å². The first-order chi connectivity index (χ1) is 11.2. The molecule has 0 atom stereocenters. The van der Waals surface area contributed by atoms with Gasteiger partial charge in [0.15, 0.2) is 0 Å². The van der Waals surface area contributed by atoms with Crippen LogP contribution in [0.5, 0.6) is 0 Å². The Labute approximate surface area is 134 Å². The first kappa shape index (κ1) is 15.3. The molecule has 23 heavy (non-hydrogen) atoms. The minimum Gasteiger partial charge on any atom is -0.421 e. The molecule has 122 valence electrons. The monoisotopic (exact) mass is 316 g/mol. The summed E-state index contributed by atoms with van der Waals surface area (Å²) in [5.74, 6) is 1.91. The standard InChI is InChI=1S/C15H20N6O2/c1-3-12-18-19-14(23-12)11-5-4-6-17-13(11)20-7-9-21(10-8-20)15(22)16-2/h4-6H,3,7-10H2,1-2H3,(H,16,22). The molecule has 2 aromatic heterocycles. The van der Waals surface area contributed by atoms with E-state index in [-0.39, 0.29) is 6.03 Å². The molecule has 0 aliphatic carbocycles. The first-order valence-electron chi connectivity index (χ1n) is 7.72. The lowest BCUT2D eigenvalue weighted by Crippen LogP contribution is -2.51. The fourth-order valence-corrected chi connectivity index (χ4v) is 2.60. The summed E-state index contributed by atoms with van der Waals surface area (Å²) in [4.78, 5) is 20.1. The lowest BCUT2D eigenvalue weighted by molar-refractivity contribution is 0.196. The van der Waals surface area contributed by atoms with Crippen molar-refractivity contribution < 1.29 is 9.21 Å². The first-order valence-corrected chi connectivity index (χ1v) is 7.72. The molecule has 0 bridgehead atoms. The zero-order chi connectivity index (χ0) is 16.2. The normalized spacial score (nSPS) is 14.9. The van der Waals surface area contributed by atoms with Gasteiger partial charge in [0.2, 0.25) is 5.89 Å². The van der Waals surface area contributed by atoms with Crippen LogP contribution in [0.2, 0.25) is 0 Å². The molecule has 3 rings (SSSR count). The van der Waals surface area contributed by atoms with Crippen LogP contribution in [0.3, 0.4) is 0 Å². The predicted molar refractivity (Wildman–Crippen MR) is 85.1 cm³/mol. The van der Waals surface area contributed by atoms with Gasteiger partial charge in [0, 0.05) is 45.8 Å². The molecule has 1 aliphatic heterocycles. The Morgan fingerprint density at radius 1 is 1.30 bits per heavy atom. The van der Waals surface area contributed by atoms with Crippen molar-refractivity contribution >= 4 is 11.8 Å². The molecule has 0 aromatic carbocycles. The van der Waals surface area contributed by atoms with E-state index >= 15 is 0 Å². The molecule has 1 N–H and O–H groups in total. The summed E-state index contributed by atoms with van der Waals surface area (Å²) >= 11 is 0. The van der Waals surface area contributed by atoms with Crippen LogP contribution in [-0.2, 0) is 6.42 Å². The number of amides is 2. The van der Waals surface area contributed by atoms with Gasteiger partial charge in [0.05, 0.1) is 5.56 Å². The number of aromatic nitrogens is 3. The smallest absolute Gasteiger partial charge is 0.317 e. The molecule has 2 aromatic rings. The number of piperazine rings is 1. The summed E-state index contributed by atoms with van der Waals surface area (Å²) in [6.07, 6.45) is 2.45. The van der Waals surface area contributed by atoms with E-state index in [1.54, 1.807) is 18.1 Å². The van der Waals surface area contributed by atoms with E-state index < -0.39 is 0 Å².